The second-order valence-electron chi connectivity index (χ2n) is 3.02. The molecule has 17 heavy (non-hydrogen) atoms. The third-order valence-electron chi connectivity index (χ3n) is 1.77. The van der Waals surface area contributed by atoms with Gasteiger partial charge < -0.3 is 15.8 Å². The molecular weight excluding hydrogens is 247 g/mol. The quantitative estimate of drug-likeness (QED) is 0.629. The Balaban J connectivity index is 2.89. The van der Waals surface area contributed by atoms with Crippen molar-refractivity contribution in [3.05, 3.63) is 17.9 Å². The van der Waals surface area contributed by atoms with Gasteiger partial charge in [0.2, 0.25) is 0 Å². The van der Waals surface area contributed by atoms with Crippen molar-refractivity contribution in [3.63, 3.8) is 0 Å². The van der Waals surface area contributed by atoms with Gasteiger partial charge >= 0.3 is 6.61 Å². The van der Waals surface area contributed by atoms with E-state index in [4.69, 9.17) is 5.73 Å². The van der Waals surface area contributed by atoms with Crippen LogP contribution >= 0.6 is 0 Å². The molecule has 0 saturated heterocycles. The first-order chi connectivity index (χ1) is 7.90. The lowest BCUT2D eigenvalue weighted by molar-refractivity contribution is -0.0521. The van der Waals surface area contributed by atoms with E-state index in [2.05, 4.69) is 10.1 Å². The van der Waals surface area contributed by atoms with Gasteiger partial charge in [-0.25, -0.2) is 13.2 Å². The zero-order chi connectivity index (χ0) is 13.0. The highest BCUT2D eigenvalue weighted by Crippen LogP contribution is 2.29. The third kappa shape index (κ3) is 3.97. The summed E-state index contributed by atoms with van der Waals surface area (Å²) in [6, 6.07) is 1.52. The molecule has 0 radical (unpaired) electrons. The van der Waals surface area contributed by atoms with Crippen molar-refractivity contribution in [3.8, 4) is 5.75 Å². The summed E-state index contributed by atoms with van der Waals surface area (Å²) in [6.07, 6.45) is -2.65. The molecule has 0 unspecified atom stereocenters. The summed E-state index contributed by atoms with van der Waals surface area (Å²) >= 11 is 0. The van der Waals surface area contributed by atoms with E-state index in [1.54, 1.807) is 0 Å². The molecule has 1 rings (SSSR count). The summed E-state index contributed by atoms with van der Waals surface area (Å²) in [6.45, 7) is -3.94. The number of rotatable bonds is 5. The fourth-order valence-corrected chi connectivity index (χ4v) is 1.10. The summed E-state index contributed by atoms with van der Waals surface area (Å²) in [7, 11) is 0. The number of nitrogen functional groups attached to an aromatic ring is 1. The molecule has 0 spiro atoms. The van der Waals surface area contributed by atoms with Gasteiger partial charge in [0.05, 0.1) is 17.9 Å². The molecule has 0 heterocycles. The van der Waals surface area contributed by atoms with Gasteiger partial charge in [-0.2, -0.15) is 8.78 Å². The van der Waals surface area contributed by atoms with Gasteiger partial charge in [0.1, 0.15) is 0 Å². The maximum absolute atomic E-state index is 13.1. The van der Waals surface area contributed by atoms with Crippen LogP contribution in [0.4, 0.5) is 33.3 Å². The van der Waals surface area contributed by atoms with Crippen LogP contribution < -0.4 is 15.8 Å². The average Bonchev–Trinajstić information content (AvgIpc) is 2.19. The molecule has 0 saturated carbocycles. The molecule has 96 valence electrons. The molecule has 1 aromatic rings. The van der Waals surface area contributed by atoms with Crippen LogP contribution in [-0.2, 0) is 0 Å². The molecule has 0 aromatic heterocycles. The Kier molecular flexibility index (Phi) is 4.36. The summed E-state index contributed by atoms with van der Waals surface area (Å²) in [4.78, 5) is 0. The molecule has 0 atom stereocenters. The summed E-state index contributed by atoms with van der Waals surface area (Å²) in [5, 5.41) is 2.19. The monoisotopic (exact) mass is 256 g/mol. The van der Waals surface area contributed by atoms with Crippen molar-refractivity contribution in [2.45, 2.75) is 13.0 Å². The number of hydrogen-bond acceptors (Lipinski definition) is 3. The second-order valence-corrected chi connectivity index (χ2v) is 3.02. The molecule has 0 fully saturated rings. The highest BCUT2D eigenvalue weighted by Gasteiger charge is 2.14. The number of alkyl halides is 4. The largest absolute Gasteiger partial charge is 0.432 e. The highest BCUT2D eigenvalue weighted by molar-refractivity contribution is 5.68. The summed E-state index contributed by atoms with van der Waals surface area (Å²) in [5.41, 5.74) is 5.05. The van der Waals surface area contributed by atoms with Gasteiger partial charge in [0.25, 0.3) is 6.43 Å². The summed E-state index contributed by atoms with van der Waals surface area (Å²) in [5.74, 6) is -1.85. The fraction of sp³-hybridized carbons (Fsp3) is 0.333. The predicted octanol–water partition coefficient (Wildman–Crippen LogP) is 2.69. The van der Waals surface area contributed by atoms with E-state index in [1.165, 1.54) is 0 Å². The zero-order valence-corrected chi connectivity index (χ0v) is 8.39. The minimum atomic E-state index is -3.21. The molecule has 1 aromatic carbocycles. The van der Waals surface area contributed by atoms with Gasteiger partial charge in [0, 0.05) is 12.1 Å². The first-order valence-corrected chi connectivity index (χ1v) is 4.46. The van der Waals surface area contributed by atoms with Crippen molar-refractivity contribution >= 4 is 11.4 Å². The Labute approximate surface area is 93.4 Å². The van der Waals surface area contributed by atoms with Crippen molar-refractivity contribution < 1.29 is 26.7 Å². The minimum absolute atomic E-state index is 0.0950. The van der Waals surface area contributed by atoms with Crippen molar-refractivity contribution in [2.24, 2.45) is 0 Å². The number of nitrogens with one attached hydrogen (secondary N) is 1. The van der Waals surface area contributed by atoms with Gasteiger partial charge in [-0.15, -0.1) is 0 Å². The third-order valence-corrected chi connectivity index (χ3v) is 1.77. The number of benzene rings is 1. The van der Waals surface area contributed by atoms with E-state index in [0.717, 1.165) is 6.07 Å². The van der Waals surface area contributed by atoms with Crippen LogP contribution in [0.2, 0.25) is 0 Å². The lowest BCUT2D eigenvalue weighted by Crippen LogP contribution is -2.12. The van der Waals surface area contributed by atoms with Gasteiger partial charge in [-0.05, 0) is 0 Å². The van der Waals surface area contributed by atoms with E-state index in [0.29, 0.717) is 6.07 Å². The van der Waals surface area contributed by atoms with Crippen LogP contribution in [0.1, 0.15) is 0 Å². The number of halogens is 5. The zero-order valence-electron chi connectivity index (χ0n) is 8.39. The van der Waals surface area contributed by atoms with E-state index in [1.807, 2.05) is 0 Å². The Hall–Kier alpha value is -1.73. The van der Waals surface area contributed by atoms with Crippen LogP contribution in [0, 0.1) is 5.82 Å². The Bertz CT molecular complexity index is 386. The molecule has 0 aliphatic rings. The molecule has 3 nitrogen and oxygen atoms in total. The van der Waals surface area contributed by atoms with Crippen molar-refractivity contribution in [1.29, 1.82) is 0 Å². The Morgan fingerprint density at radius 3 is 2.41 bits per heavy atom. The van der Waals surface area contributed by atoms with E-state index < -0.39 is 31.1 Å². The van der Waals surface area contributed by atoms with Crippen LogP contribution in [0.5, 0.6) is 5.75 Å². The Morgan fingerprint density at radius 1 is 1.24 bits per heavy atom. The van der Waals surface area contributed by atoms with Crippen molar-refractivity contribution in [2.75, 3.05) is 17.6 Å². The second kappa shape index (κ2) is 5.55. The molecular formula is C9H9F5N2O. The lowest BCUT2D eigenvalue weighted by atomic mass is 10.2. The van der Waals surface area contributed by atoms with Crippen LogP contribution in [0.3, 0.4) is 0 Å². The van der Waals surface area contributed by atoms with E-state index in [9.17, 15) is 22.0 Å². The smallest absolute Gasteiger partial charge is 0.387 e. The minimum Gasteiger partial charge on any atom is -0.432 e. The fourth-order valence-electron chi connectivity index (χ4n) is 1.10. The van der Waals surface area contributed by atoms with Crippen LogP contribution in [-0.4, -0.2) is 19.6 Å². The molecule has 0 bridgehead atoms. The van der Waals surface area contributed by atoms with E-state index >= 15 is 0 Å². The SMILES string of the molecule is Nc1cc(F)c(OC(F)F)cc1NCC(F)F. The van der Waals surface area contributed by atoms with Crippen LogP contribution in [0.15, 0.2) is 12.1 Å². The standard InChI is InChI=1S/C9H9F5N2O/c10-4-1-5(15)6(16-3-8(11)12)2-7(4)17-9(13)14/h1-2,8-9,16H,3,15H2. The normalized spacial score (nSPS) is 11.0. The number of anilines is 2. The summed E-state index contributed by atoms with van der Waals surface area (Å²) < 4.78 is 64.5. The first-order valence-electron chi connectivity index (χ1n) is 4.46. The van der Waals surface area contributed by atoms with Gasteiger partial charge in [-0.3, -0.25) is 0 Å². The number of hydrogen-bond donors (Lipinski definition) is 2. The maximum Gasteiger partial charge on any atom is 0.387 e. The molecule has 0 aliphatic heterocycles. The van der Waals surface area contributed by atoms with Gasteiger partial charge in [0.15, 0.2) is 11.6 Å². The first kappa shape index (κ1) is 13.3. The Morgan fingerprint density at radius 2 is 1.88 bits per heavy atom. The van der Waals surface area contributed by atoms with Gasteiger partial charge in [-0.1, -0.05) is 0 Å². The van der Waals surface area contributed by atoms with Crippen molar-refractivity contribution in [1.82, 2.24) is 0 Å². The number of nitrogens with two attached hydrogens (primary N) is 1. The molecule has 0 amide bonds. The molecule has 0 aliphatic carbocycles. The topological polar surface area (TPSA) is 47.3 Å². The maximum atomic E-state index is 13.1. The van der Waals surface area contributed by atoms with E-state index in [-0.39, 0.29) is 11.4 Å². The average molecular weight is 256 g/mol. The predicted molar refractivity (Wildman–Crippen MR) is 51.9 cm³/mol. The molecule has 8 heteroatoms. The number of ether oxygens (including phenoxy) is 1. The lowest BCUT2D eigenvalue weighted by Gasteiger charge is -2.12. The van der Waals surface area contributed by atoms with Crippen LogP contribution in [0.25, 0.3) is 0 Å². The highest BCUT2D eigenvalue weighted by atomic mass is 19.3. The molecule has 3 N–H and O–H groups in total.